The smallest absolute Gasteiger partial charge is 0.319 e. The first kappa shape index (κ1) is 16.7. The van der Waals surface area contributed by atoms with Gasteiger partial charge in [-0.3, -0.25) is 14.5 Å². The first-order valence-electron chi connectivity index (χ1n) is 6.29. The number of carbonyl (C=O) groups is 2. The third kappa shape index (κ3) is 5.30. The van der Waals surface area contributed by atoms with E-state index in [0.717, 1.165) is 4.47 Å². The number of anilines is 1. The van der Waals surface area contributed by atoms with Gasteiger partial charge in [0.15, 0.2) is 0 Å². The molecular weight excluding hydrogens is 324 g/mol. The highest BCUT2D eigenvalue weighted by atomic mass is 79.9. The molecule has 0 heterocycles. The maximum absolute atomic E-state index is 12.0. The van der Waals surface area contributed by atoms with Crippen molar-refractivity contribution in [3.63, 3.8) is 0 Å². The van der Waals surface area contributed by atoms with E-state index in [4.69, 9.17) is 0 Å². The average Bonchev–Trinajstić information content (AvgIpc) is 2.40. The lowest BCUT2D eigenvalue weighted by Crippen LogP contribution is -2.41. The normalized spacial score (nSPS) is 10.7. The molecule has 0 unspecified atom stereocenters. The molecule has 0 spiro atoms. The van der Waals surface area contributed by atoms with Crippen LogP contribution in [0.1, 0.15) is 13.8 Å². The molecule has 0 aliphatic carbocycles. The summed E-state index contributed by atoms with van der Waals surface area (Å²) in [7, 11) is 1.34. The van der Waals surface area contributed by atoms with Crippen molar-refractivity contribution in [2.45, 2.75) is 19.9 Å². The number of halogens is 1. The van der Waals surface area contributed by atoms with Gasteiger partial charge in [-0.05, 0) is 41.9 Å². The second-order valence-corrected chi connectivity index (χ2v) is 5.46. The van der Waals surface area contributed by atoms with E-state index in [1.54, 1.807) is 4.90 Å². The van der Waals surface area contributed by atoms with Gasteiger partial charge in [0.1, 0.15) is 0 Å². The summed E-state index contributed by atoms with van der Waals surface area (Å²) in [6, 6.07) is 7.44. The Hall–Kier alpha value is -1.40. The predicted octanol–water partition coefficient (Wildman–Crippen LogP) is 2.27. The monoisotopic (exact) mass is 342 g/mol. The molecule has 20 heavy (non-hydrogen) atoms. The van der Waals surface area contributed by atoms with E-state index in [1.807, 2.05) is 38.1 Å². The molecule has 0 saturated carbocycles. The summed E-state index contributed by atoms with van der Waals surface area (Å²) in [6.07, 6.45) is 0. The number of amides is 1. The summed E-state index contributed by atoms with van der Waals surface area (Å²) in [5.74, 6) is -0.526. The van der Waals surface area contributed by atoms with Crippen LogP contribution >= 0.6 is 15.9 Å². The van der Waals surface area contributed by atoms with Crippen LogP contribution < -0.4 is 5.32 Å². The number of nitrogens with one attached hydrogen (secondary N) is 1. The average molecular weight is 343 g/mol. The van der Waals surface area contributed by atoms with Crippen molar-refractivity contribution in [1.29, 1.82) is 0 Å². The maximum atomic E-state index is 12.0. The van der Waals surface area contributed by atoms with Crippen LogP contribution in [0.5, 0.6) is 0 Å². The Labute approximate surface area is 127 Å². The number of hydrogen-bond donors (Lipinski definition) is 1. The molecule has 0 bridgehead atoms. The van der Waals surface area contributed by atoms with Crippen molar-refractivity contribution < 1.29 is 14.3 Å². The summed E-state index contributed by atoms with van der Waals surface area (Å²) in [5.41, 5.74) is 0.708. The van der Waals surface area contributed by atoms with Crippen LogP contribution in [0.2, 0.25) is 0 Å². The molecule has 0 fully saturated rings. The van der Waals surface area contributed by atoms with Gasteiger partial charge in [0.2, 0.25) is 5.91 Å². The van der Waals surface area contributed by atoms with Crippen LogP contribution in [0, 0.1) is 0 Å². The third-order valence-electron chi connectivity index (χ3n) is 2.78. The molecule has 5 nitrogen and oxygen atoms in total. The zero-order chi connectivity index (χ0) is 15.1. The molecule has 1 rings (SSSR count). The highest BCUT2D eigenvalue weighted by Crippen LogP contribution is 2.21. The quantitative estimate of drug-likeness (QED) is 0.805. The van der Waals surface area contributed by atoms with Gasteiger partial charge in [-0.1, -0.05) is 12.1 Å². The molecule has 0 aliphatic rings. The summed E-state index contributed by atoms with van der Waals surface area (Å²) < 4.78 is 5.45. The van der Waals surface area contributed by atoms with Gasteiger partial charge in [-0.2, -0.15) is 0 Å². The zero-order valence-electron chi connectivity index (χ0n) is 11.9. The van der Waals surface area contributed by atoms with E-state index < -0.39 is 0 Å². The van der Waals surface area contributed by atoms with Gasteiger partial charge in [0, 0.05) is 10.5 Å². The molecule has 1 amide bonds. The van der Waals surface area contributed by atoms with Gasteiger partial charge < -0.3 is 10.1 Å². The van der Waals surface area contributed by atoms with Crippen LogP contribution in [-0.4, -0.2) is 43.0 Å². The number of methoxy groups -OCH3 is 1. The minimum absolute atomic E-state index is 0.0686. The van der Waals surface area contributed by atoms with Gasteiger partial charge in [0.25, 0.3) is 0 Å². The van der Waals surface area contributed by atoms with Gasteiger partial charge >= 0.3 is 5.97 Å². The lowest BCUT2D eigenvalue weighted by atomic mass is 10.3. The van der Waals surface area contributed by atoms with Gasteiger partial charge in [-0.15, -0.1) is 0 Å². The molecule has 6 heteroatoms. The van der Waals surface area contributed by atoms with Crippen LogP contribution in [-0.2, 0) is 14.3 Å². The zero-order valence-corrected chi connectivity index (χ0v) is 13.4. The molecule has 110 valence electrons. The van der Waals surface area contributed by atoms with Crippen LogP contribution in [0.25, 0.3) is 0 Å². The van der Waals surface area contributed by atoms with Crippen LogP contribution in [0.3, 0.4) is 0 Å². The van der Waals surface area contributed by atoms with Gasteiger partial charge in [-0.25, -0.2) is 0 Å². The maximum Gasteiger partial charge on any atom is 0.319 e. The highest BCUT2D eigenvalue weighted by molar-refractivity contribution is 9.10. The molecule has 0 saturated heterocycles. The fourth-order valence-corrected chi connectivity index (χ4v) is 1.97. The fraction of sp³-hybridized carbons (Fsp3) is 0.429. The van der Waals surface area contributed by atoms with Crippen LogP contribution in [0.4, 0.5) is 5.69 Å². The molecule has 1 N–H and O–H groups in total. The van der Waals surface area contributed by atoms with Crippen molar-refractivity contribution in [2.75, 3.05) is 25.5 Å². The van der Waals surface area contributed by atoms with E-state index >= 15 is 0 Å². The topological polar surface area (TPSA) is 58.6 Å². The number of hydrogen-bond acceptors (Lipinski definition) is 4. The molecular formula is C14H19BrN2O3. The Morgan fingerprint density at radius 2 is 1.95 bits per heavy atom. The summed E-state index contributed by atoms with van der Waals surface area (Å²) in [6.45, 7) is 4.08. The minimum Gasteiger partial charge on any atom is -0.468 e. The lowest BCUT2D eigenvalue weighted by molar-refractivity contribution is -0.142. The highest BCUT2D eigenvalue weighted by Gasteiger charge is 2.18. The Balaban J connectivity index is 2.63. The van der Waals surface area contributed by atoms with E-state index in [0.29, 0.717) is 5.69 Å². The third-order valence-corrected chi connectivity index (χ3v) is 3.48. The number of carbonyl (C=O) groups excluding carboxylic acids is 2. The molecule has 0 atom stereocenters. The Morgan fingerprint density at radius 1 is 1.30 bits per heavy atom. The molecule has 0 radical (unpaired) electrons. The summed E-state index contributed by atoms with van der Waals surface area (Å²) >= 11 is 3.37. The number of ether oxygens (including phenoxy) is 1. The standard InChI is InChI=1S/C14H19BrN2O3/c1-10(2)17(9-14(19)20-3)8-13(18)16-12-7-5-4-6-11(12)15/h4-7,10H,8-9H2,1-3H3,(H,16,18). The number of rotatable bonds is 6. The van der Waals surface area contributed by atoms with E-state index in [9.17, 15) is 9.59 Å². The van der Waals surface area contributed by atoms with E-state index in [2.05, 4.69) is 26.0 Å². The van der Waals surface area contributed by atoms with Crippen molar-refractivity contribution >= 4 is 33.5 Å². The molecule has 0 aromatic heterocycles. The second-order valence-electron chi connectivity index (χ2n) is 4.60. The Bertz CT molecular complexity index is 477. The van der Waals surface area contributed by atoms with Crippen LogP contribution in [0.15, 0.2) is 28.7 Å². The second kappa shape index (κ2) is 8.01. The summed E-state index contributed by atoms with van der Waals surface area (Å²) in [4.78, 5) is 25.1. The number of para-hydroxylation sites is 1. The Morgan fingerprint density at radius 3 is 2.50 bits per heavy atom. The minimum atomic E-state index is -0.354. The molecule has 0 aliphatic heterocycles. The summed E-state index contributed by atoms with van der Waals surface area (Å²) in [5, 5.41) is 2.81. The number of nitrogens with zero attached hydrogens (tertiary/aromatic N) is 1. The number of esters is 1. The Kier molecular flexibility index (Phi) is 6.67. The largest absolute Gasteiger partial charge is 0.468 e. The van der Waals surface area contributed by atoms with Gasteiger partial charge in [0.05, 0.1) is 25.9 Å². The van der Waals surface area contributed by atoms with Crippen molar-refractivity contribution in [1.82, 2.24) is 4.90 Å². The predicted molar refractivity (Wildman–Crippen MR) is 81.5 cm³/mol. The van der Waals surface area contributed by atoms with Crippen molar-refractivity contribution in [2.24, 2.45) is 0 Å². The van der Waals surface area contributed by atoms with E-state index in [-0.39, 0.29) is 31.0 Å². The first-order valence-corrected chi connectivity index (χ1v) is 7.08. The number of benzene rings is 1. The fourth-order valence-electron chi connectivity index (χ4n) is 1.59. The molecule has 1 aromatic rings. The SMILES string of the molecule is COC(=O)CN(CC(=O)Nc1ccccc1Br)C(C)C. The lowest BCUT2D eigenvalue weighted by Gasteiger charge is -2.24. The van der Waals surface area contributed by atoms with E-state index in [1.165, 1.54) is 7.11 Å². The van der Waals surface area contributed by atoms with Crippen molar-refractivity contribution in [3.05, 3.63) is 28.7 Å². The first-order chi connectivity index (χ1) is 9.43. The molecule has 1 aromatic carbocycles. The van der Waals surface area contributed by atoms with Crippen molar-refractivity contribution in [3.8, 4) is 0 Å².